The predicted octanol–water partition coefficient (Wildman–Crippen LogP) is 4.77. The van der Waals surface area contributed by atoms with Gasteiger partial charge in [0.1, 0.15) is 0 Å². The van der Waals surface area contributed by atoms with E-state index in [1.165, 1.54) is 0 Å². The van der Waals surface area contributed by atoms with Crippen LogP contribution in [0.3, 0.4) is 0 Å². The van der Waals surface area contributed by atoms with Crippen LogP contribution in [0.15, 0.2) is 66.0 Å². The number of benzene rings is 2. The van der Waals surface area contributed by atoms with Crippen molar-refractivity contribution in [3.63, 3.8) is 0 Å². The molecule has 0 N–H and O–H groups in total. The first-order valence-electron chi connectivity index (χ1n) is 8.29. The molecule has 2 aliphatic rings. The Kier molecular flexibility index (Phi) is 2.95. The van der Waals surface area contributed by atoms with Gasteiger partial charge in [-0.1, -0.05) is 54.3 Å². The van der Waals surface area contributed by atoms with Crippen LogP contribution in [0.2, 0.25) is 0 Å². The molecule has 3 heterocycles. The average molecular weight is 341 g/mol. The molecule has 3 aromatic rings. The second-order valence-electron chi connectivity index (χ2n) is 6.57. The van der Waals surface area contributed by atoms with Gasteiger partial charge in [-0.3, -0.25) is 9.69 Å². The van der Waals surface area contributed by atoms with Gasteiger partial charge < -0.3 is 0 Å². The van der Waals surface area contributed by atoms with Gasteiger partial charge in [-0.2, -0.15) is 0 Å². The SMILES string of the molecule is C[C@@]12c3ccccc3C(=O)N1c1ccccc1[C@@H]2C#Cc1cccs1. The summed E-state index contributed by atoms with van der Waals surface area (Å²) in [7, 11) is 0. The quantitative estimate of drug-likeness (QED) is 0.539. The summed E-state index contributed by atoms with van der Waals surface area (Å²) in [6, 6.07) is 20.1. The molecule has 2 aliphatic heterocycles. The van der Waals surface area contributed by atoms with Crippen molar-refractivity contribution >= 4 is 22.9 Å². The maximum absolute atomic E-state index is 13.1. The van der Waals surface area contributed by atoms with Crippen molar-refractivity contribution in [1.82, 2.24) is 0 Å². The van der Waals surface area contributed by atoms with Crippen molar-refractivity contribution in [2.45, 2.75) is 18.4 Å². The standard InChI is InChI=1S/C22H15NOS/c1-22-18-10-4-2-9-17(18)21(24)23(22)20-11-5-3-8-16(20)19(22)13-12-15-7-6-14-25-15/h2-11,14,19H,1H3/t19-,22-/m0/s1. The highest BCUT2D eigenvalue weighted by Crippen LogP contribution is 2.57. The number of hydrogen-bond donors (Lipinski definition) is 0. The third kappa shape index (κ3) is 1.83. The second-order valence-corrected chi connectivity index (χ2v) is 7.52. The highest BCUT2D eigenvalue weighted by atomic mass is 32.1. The molecule has 2 aromatic carbocycles. The van der Waals surface area contributed by atoms with E-state index in [1.54, 1.807) is 11.3 Å². The van der Waals surface area contributed by atoms with Gasteiger partial charge in [-0.05, 0) is 41.6 Å². The van der Waals surface area contributed by atoms with E-state index in [2.05, 4.69) is 30.9 Å². The number of nitrogens with zero attached hydrogens (tertiary/aromatic N) is 1. The topological polar surface area (TPSA) is 20.3 Å². The van der Waals surface area contributed by atoms with E-state index in [1.807, 2.05) is 58.8 Å². The summed E-state index contributed by atoms with van der Waals surface area (Å²) < 4.78 is 0. The smallest absolute Gasteiger partial charge is 0.259 e. The summed E-state index contributed by atoms with van der Waals surface area (Å²) in [6.45, 7) is 2.14. The molecule has 0 bridgehead atoms. The van der Waals surface area contributed by atoms with E-state index in [0.717, 1.165) is 27.3 Å². The van der Waals surface area contributed by atoms with Gasteiger partial charge >= 0.3 is 0 Å². The molecule has 0 spiro atoms. The predicted molar refractivity (Wildman–Crippen MR) is 101 cm³/mol. The van der Waals surface area contributed by atoms with Crippen LogP contribution in [-0.4, -0.2) is 5.91 Å². The van der Waals surface area contributed by atoms with Gasteiger partial charge in [0.05, 0.1) is 16.3 Å². The molecular formula is C22H15NOS. The van der Waals surface area contributed by atoms with Crippen molar-refractivity contribution in [2.75, 3.05) is 4.90 Å². The Hall–Kier alpha value is -2.83. The van der Waals surface area contributed by atoms with Crippen LogP contribution >= 0.6 is 11.3 Å². The minimum absolute atomic E-state index is 0.0431. The third-order valence-electron chi connectivity index (χ3n) is 5.28. The molecule has 0 saturated carbocycles. The van der Waals surface area contributed by atoms with Crippen molar-refractivity contribution in [3.05, 3.63) is 87.6 Å². The largest absolute Gasteiger partial charge is 0.296 e. The number of carbonyl (C=O) groups is 1. The molecule has 1 amide bonds. The van der Waals surface area contributed by atoms with Crippen molar-refractivity contribution in [2.24, 2.45) is 0 Å². The van der Waals surface area contributed by atoms with E-state index in [9.17, 15) is 4.79 Å². The zero-order valence-corrected chi connectivity index (χ0v) is 14.5. The molecule has 3 heteroatoms. The maximum atomic E-state index is 13.1. The highest BCUT2D eigenvalue weighted by molar-refractivity contribution is 7.10. The third-order valence-corrected chi connectivity index (χ3v) is 6.07. The minimum Gasteiger partial charge on any atom is -0.296 e. The fourth-order valence-corrected chi connectivity index (χ4v) is 4.74. The minimum atomic E-state index is -0.457. The van der Waals surface area contributed by atoms with E-state index < -0.39 is 5.54 Å². The Morgan fingerprint density at radius 2 is 1.84 bits per heavy atom. The Bertz CT molecular complexity index is 1060. The zero-order chi connectivity index (χ0) is 17.0. The number of amides is 1. The number of fused-ring (bicyclic) bond motifs is 5. The molecule has 1 aromatic heterocycles. The van der Waals surface area contributed by atoms with Gasteiger partial charge in [0, 0.05) is 11.3 Å². The van der Waals surface area contributed by atoms with E-state index in [0.29, 0.717) is 0 Å². The Balaban J connectivity index is 1.76. The van der Waals surface area contributed by atoms with Crippen LogP contribution in [0.5, 0.6) is 0 Å². The van der Waals surface area contributed by atoms with Gasteiger partial charge in [0.2, 0.25) is 0 Å². The zero-order valence-electron chi connectivity index (χ0n) is 13.7. The Morgan fingerprint density at radius 3 is 2.68 bits per heavy atom. The molecule has 0 unspecified atom stereocenters. The first-order chi connectivity index (χ1) is 12.2. The number of para-hydroxylation sites is 1. The number of hydrogen-bond acceptors (Lipinski definition) is 2. The van der Waals surface area contributed by atoms with Gasteiger partial charge in [0.15, 0.2) is 0 Å². The van der Waals surface area contributed by atoms with Crippen LogP contribution in [-0.2, 0) is 5.54 Å². The summed E-state index contributed by atoms with van der Waals surface area (Å²) in [5.74, 6) is 6.83. The molecule has 2 atom stereocenters. The monoisotopic (exact) mass is 341 g/mol. The van der Waals surface area contributed by atoms with Crippen molar-refractivity contribution in [1.29, 1.82) is 0 Å². The van der Waals surface area contributed by atoms with Crippen LogP contribution < -0.4 is 4.90 Å². The molecule has 0 radical (unpaired) electrons. The summed E-state index contributed by atoms with van der Waals surface area (Å²) in [4.78, 5) is 16.1. The van der Waals surface area contributed by atoms with E-state index >= 15 is 0 Å². The fraction of sp³-hybridized carbons (Fsp3) is 0.136. The molecule has 0 saturated heterocycles. The number of carbonyl (C=O) groups excluding carboxylic acids is 1. The molecule has 5 rings (SSSR count). The van der Waals surface area contributed by atoms with Gasteiger partial charge in [-0.15, -0.1) is 11.3 Å². The summed E-state index contributed by atoms with van der Waals surface area (Å²) in [6.07, 6.45) is 0. The summed E-state index contributed by atoms with van der Waals surface area (Å²) in [5.41, 5.74) is 3.53. The normalized spacial score (nSPS) is 22.8. The molecule has 0 fully saturated rings. The van der Waals surface area contributed by atoms with E-state index in [-0.39, 0.29) is 11.8 Å². The first kappa shape index (κ1) is 14.5. The second kappa shape index (κ2) is 5.08. The first-order valence-corrected chi connectivity index (χ1v) is 9.17. The molecule has 120 valence electrons. The maximum Gasteiger partial charge on any atom is 0.259 e. The van der Waals surface area contributed by atoms with Crippen molar-refractivity contribution in [3.8, 4) is 11.8 Å². The fourth-order valence-electron chi connectivity index (χ4n) is 4.16. The van der Waals surface area contributed by atoms with Crippen molar-refractivity contribution < 1.29 is 4.79 Å². The lowest BCUT2D eigenvalue weighted by atomic mass is 9.79. The van der Waals surface area contributed by atoms with E-state index in [4.69, 9.17) is 0 Å². The summed E-state index contributed by atoms with van der Waals surface area (Å²) >= 11 is 1.64. The lowest BCUT2D eigenvalue weighted by Gasteiger charge is -2.32. The van der Waals surface area contributed by atoms with Crippen LogP contribution in [0.4, 0.5) is 5.69 Å². The molecular weight excluding hydrogens is 326 g/mol. The molecule has 0 aliphatic carbocycles. The number of anilines is 1. The lowest BCUT2D eigenvalue weighted by Crippen LogP contribution is -2.40. The average Bonchev–Trinajstić information content (AvgIpc) is 3.29. The number of rotatable bonds is 0. The van der Waals surface area contributed by atoms with Gasteiger partial charge in [-0.25, -0.2) is 0 Å². The summed E-state index contributed by atoms with van der Waals surface area (Å²) in [5, 5.41) is 2.04. The Labute approximate surface area is 150 Å². The lowest BCUT2D eigenvalue weighted by molar-refractivity contribution is 0.0982. The Morgan fingerprint density at radius 1 is 1.04 bits per heavy atom. The molecule has 25 heavy (non-hydrogen) atoms. The van der Waals surface area contributed by atoms with Gasteiger partial charge in [0.25, 0.3) is 5.91 Å². The van der Waals surface area contributed by atoms with Crippen LogP contribution in [0.25, 0.3) is 0 Å². The molecule has 2 nitrogen and oxygen atoms in total. The highest BCUT2D eigenvalue weighted by Gasteiger charge is 2.57. The van der Waals surface area contributed by atoms with Crippen LogP contribution in [0, 0.1) is 11.8 Å². The van der Waals surface area contributed by atoms with Crippen LogP contribution in [0.1, 0.15) is 39.2 Å². The number of thiophene rings is 1.